The number of Topliss-reactive ketones (excluding diaryl/α,β-unsaturated/α-hetero) is 2. The minimum absolute atomic E-state index is 0.0235. The van der Waals surface area contributed by atoms with Gasteiger partial charge in [0.1, 0.15) is 0 Å². The van der Waals surface area contributed by atoms with Crippen LogP contribution in [0.2, 0.25) is 0 Å². The lowest BCUT2D eigenvalue weighted by Gasteiger charge is -2.59. The number of fused-ring (bicyclic) bond motifs is 3. The first-order valence-corrected chi connectivity index (χ1v) is 27.4. The number of aliphatic hydroxyl groups is 2. The van der Waals surface area contributed by atoms with Crippen LogP contribution in [0.15, 0.2) is 24.3 Å². The number of hydrogen-bond acceptors (Lipinski definition) is 12. The molecule has 3 unspecified atom stereocenters. The van der Waals surface area contributed by atoms with E-state index >= 15 is 0 Å². The van der Waals surface area contributed by atoms with E-state index < -0.39 is 34.2 Å². The normalized spacial score (nSPS) is 33.8. The molecule has 0 amide bonds. The number of piperidine rings is 2. The van der Waals surface area contributed by atoms with Gasteiger partial charge in [0.2, 0.25) is 0 Å². The topological polar surface area (TPSA) is 152 Å². The van der Waals surface area contributed by atoms with Gasteiger partial charge in [-0.2, -0.15) is 0 Å². The fourth-order valence-electron chi connectivity index (χ4n) is 15.0. The predicted octanol–water partition coefficient (Wildman–Crippen LogP) is 9.22. The summed E-state index contributed by atoms with van der Waals surface area (Å²) in [5.41, 5.74) is 0.0360. The molecule has 12 nitrogen and oxygen atoms in total. The van der Waals surface area contributed by atoms with Gasteiger partial charge in [-0.25, -0.2) is 0 Å². The monoisotopic (exact) mass is 949 g/mol. The molecule has 2 saturated heterocycles. The zero-order valence-corrected chi connectivity index (χ0v) is 41.5. The second kappa shape index (κ2) is 18.3. The Morgan fingerprint density at radius 1 is 0.638 bits per heavy atom. The maximum absolute atomic E-state index is 13.5. The molecule has 11 rings (SSSR count). The van der Waals surface area contributed by atoms with Crippen LogP contribution in [0, 0.1) is 18.8 Å². The second-order valence-corrected chi connectivity index (χ2v) is 23.3. The van der Waals surface area contributed by atoms with E-state index in [0.29, 0.717) is 79.8 Å². The van der Waals surface area contributed by atoms with Gasteiger partial charge in [0.05, 0.1) is 22.0 Å². The number of carbonyl (C=O) groups excluding carboxylic acids is 4. The molecule has 69 heavy (non-hydrogen) atoms. The van der Waals surface area contributed by atoms with Crippen molar-refractivity contribution < 1.29 is 48.3 Å². The van der Waals surface area contributed by atoms with E-state index in [1.807, 2.05) is 19.1 Å². The van der Waals surface area contributed by atoms with Crippen LogP contribution in [0.1, 0.15) is 196 Å². The summed E-state index contributed by atoms with van der Waals surface area (Å²) >= 11 is 0. The predicted molar refractivity (Wildman–Crippen MR) is 259 cm³/mol. The Kier molecular flexibility index (Phi) is 12.6. The third kappa shape index (κ3) is 7.81. The average molecular weight is 949 g/mol. The summed E-state index contributed by atoms with van der Waals surface area (Å²) in [6, 6.07) is 7.58. The summed E-state index contributed by atoms with van der Waals surface area (Å²) < 4.78 is 24.9. The van der Waals surface area contributed by atoms with E-state index in [0.717, 1.165) is 93.3 Å². The zero-order chi connectivity index (χ0) is 47.9. The summed E-state index contributed by atoms with van der Waals surface area (Å²) in [7, 11) is 0. The minimum Gasteiger partial charge on any atom is -0.477 e. The molecule has 5 aliphatic carbocycles. The molecular formula is C57H76N2O10. The van der Waals surface area contributed by atoms with Crippen molar-refractivity contribution in [3.63, 3.8) is 0 Å². The van der Waals surface area contributed by atoms with Crippen LogP contribution >= 0.6 is 0 Å². The highest BCUT2D eigenvalue weighted by molar-refractivity contribution is 5.91. The van der Waals surface area contributed by atoms with E-state index in [2.05, 4.69) is 29.7 Å². The standard InChI is InChI=1S/C57H76N2O10/c1-35-18-24-44(50-48(35)54-30-31-58(33-38-19-20-38)36(2)56(54,64)28-26-42(60)52(54)68-50)66-46(62)16-14-12-10-8-6-4-5-7-9-11-13-15-17-47(63)67-45-25-23-40-41-32-55-49(40)51(45)69-53(55)43(61)27-29-57(55,65)37(3)59(41)34-39-21-22-39/h18,23-25,36-39,41,52-53,64-65H,4-17,19-22,26-34H2,1-3H3/t36?,37?,41?,52-,53-,54-,55-,56+,57+/m0/s1. The molecule has 0 aromatic heterocycles. The number of likely N-dealkylation sites (tertiary alicyclic amines) is 2. The molecule has 9 aliphatic rings. The Bertz CT molecular complexity index is 2360. The number of benzene rings is 2. The summed E-state index contributed by atoms with van der Waals surface area (Å²) in [6.07, 6.45) is 19.5. The highest BCUT2D eigenvalue weighted by Gasteiger charge is 2.76. The fraction of sp³-hybridized carbons (Fsp3) is 0.719. The number of aryl methyl sites for hydroxylation is 1. The van der Waals surface area contributed by atoms with Crippen molar-refractivity contribution in [3.8, 4) is 23.0 Å². The number of unbranched alkanes of at least 4 members (excludes halogenated alkanes) is 11. The van der Waals surface area contributed by atoms with E-state index in [4.69, 9.17) is 18.9 Å². The van der Waals surface area contributed by atoms with Crippen molar-refractivity contribution in [2.24, 2.45) is 11.8 Å². The summed E-state index contributed by atoms with van der Waals surface area (Å²) in [6.45, 7) is 9.02. The average Bonchev–Trinajstić information content (AvgIpc) is 4.25. The molecule has 9 atom stereocenters. The maximum atomic E-state index is 13.5. The van der Waals surface area contributed by atoms with Crippen molar-refractivity contribution in [3.05, 3.63) is 46.5 Å². The summed E-state index contributed by atoms with van der Waals surface area (Å²) in [5.74, 6) is 2.58. The summed E-state index contributed by atoms with van der Waals surface area (Å²) in [5, 5.41) is 25.1. The van der Waals surface area contributed by atoms with Crippen LogP contribution in [0.4, 0.5) is 0 Å². The van der Waals surface area contributed by atoms with Crippen LogP contribution in [-0.4, -0.2) is 98.6 Å². The van der Waals surface area contributed by atoms with Gasteiger partial charge in [-0.05, 0) is 127 Å². The number of rotatable bonds is 21. The van der Waals surface area contributed by atoms with Gasteiger partial charge in [-0.1, -0.05) is 76.3 Å². The number of carbonyl (C=O) groups is 4. The molecule has 2 aromatic rings. The number of ether oxygens (including phenoxy) is 4. The van der Waals surface area contributed by atoms with Crippen molar-refractivity contribution in [2.45, 2.75) is 227 Å². The van der Waals surface area contributed by atoms with Crippen molar-refractivity contribution in [1.29, 1.82) is 0 Å². The number of esters is 2. The zero-order valence-electron chi connectivity index (χ0n) is 41.5. The molecule has 2 bridgehead atoms. The van der Waals surface area contributed by atoms with Crippen LogP contribution in [-0.2, 0) is 30.0 Å². The minimum atomic E-state index is -1.12. The lowest BCUT2D eigenvalue weighted by atomic mass is 9.52. The van der Waals surface area contributed by atoms with Crippen LogP contribution in [0.3, 0.4) is 0 Å². The second-order valence-electron chi connectivity index (χ2n) is 23.3. The van der Waals surface area contributed by atoms with E-state index in [1.165, 1.54) is 51.4 Å². The Hall–Kier alpha value is -3.84. The van der Waals surface area contributed by atoms with Crippen molar-refractivity contribution in [1.82, 2.24) is 9.80 Å². The van der Waals surface area contributed by atoms with Gasteiger partial charge in [0.25, 0.3) is 0 Å². The first-order chi connectivity index (χ1) is 33.3. The highest BCUT2D eigenvalue weighted by atomic mass is 16.6. The fourth-order valence-corrected chi connectivity index (χ4v) is 15.0. The lowest BCUT2D eigenvalue weighted by Crippen LogP contribution is -2.74. The van der Waals surface area contributed by atoms with Crippen LogP contribution < -0.4 is 18.9 Å². The smallest absolute Gasteiger partial charge is 0.311 e. The largest absolute Gasteiger partial charge is 0.477 e. The van der Waals surface area contributed by atoms with Gasteiger partial charge in [0, 0.05) is 68.0 Å². The third-order valence-corrected chi connectivity index (χ3v) is 19.2. The van der Waals surface area contributed by atoms with Crippen LogP contribution in [0.5, 0.6) is 23.0 Å². The maximum Gasteiger partial charge on any atom is 0.311 e. The lowest BCUT2D eigenvalue weighted by molar-refractivity contribution is -0.186. The molecule has 2 N–H and O–H groups in total. The van der Waals surface area contributed by atoms with E-state index in [9.17, 15) is 29.4 Å². The van der Waals surface area contributed by atoms with Crippen LogP contribution in [0.25, 0.3) is 0 Å². The molecule has 2 aromatic carbocycles. The first kappa shape index (κ1) is 47.5. The quantitative estimate of drug-likeness (QED) is 0.0698. The number of hydrogen-bond donors (Lipinski definition) is 2. The Labute approximate surface area is 408 Å². The SMILES string of the molecule is Cc1ccc(OC(=O)CCCCCCCCCCCCCCC(=O)Oc2ccc3c4c2O[C@H]2C(=O)CC[C@@]5(O)C(C)N(CC6CC6)C3C[C@]425)c2c1[C@]13CCN(CC4CC4)C(C)[C@]1(O)CCC(=O)[C@@H]3O2. The van der Waals surface area contributed by atoms with Crippen molar-refractivity contribution >= 4 is 23.5 Å². The van der Waals surface area contributed by atoms with E-state index in [1.54, 1.807) is 6.07 Å². The Balaban J connectivity index is 0.573. The van der Waals surface area contributed by atoms with Gasteiger partial charge in [-0.15, -0.1) is 0 Å². The molecule has 4 saturated carbocycles. The molecule has 6 fully saturated rings. The molecule has 0 radical (unpaired) electrons. The first-order valence-electron chi connectivity index (χ1n) is 27.4. The van der Waals surface area contributed by atoms with Gasteiger partial charge >= 0.3 is 11.9 Å². The highest BCUT2D eigenvalue weighted by Crippen LogP contribution is 2.70. The van der Waals surface area contributed by atoms with Gasteiger partial charge in [0.15, 0.2) is 46.8 Å². The third-order valence-electron chi connectivity index (χ3n) is 19.2. The molecule has 374 valence electrons. The van der Waals surface area contributed by atoms with Crippen molar-refractivity contribution in [2.75, 3.05) is 19.6 Å². The molecule has 2 spiro atoms. The number of ketones is 2. The number of nitrogens with zero attached hydrogens (tertiary/aromatic N) is 2. The van der Waals surface area contributed by atoms with Gasteiger partial charge in [-0.3, -0.25) is 29.0 Å². The Morgan fingerprint density at radius 3 is 1.70 bits per heavy atom. The molecule has 4 aliphatic heterocycles. The van der Waals surface area contributed by atoms with Gasteiger partial charge < -0.3 is 29.2 Å². The summed E-state index contributed by atoms with van der Waals surface area (Å²) in [4.78, 5) is 58.1. The molecule has 12 heteroatoms. The van der Waals surface area contributed by atoms with E-state index in [-0.39, 0.29) is 48.1 Å². The Morgan fingerprint density at radius 2 is 1.13 bits per heavy atom. The molecule has 4 heterocycles. The molecular weight excluding hydrogens is 873 g/mol.